The Balaban J connectivity index is 0.000000223. The van der Waals surface area contributed by atoms with Crippen molar-refractivity contribution in [2.45, 2.75) is 165 Å². The Bertz CT molecular complexity index is 5300. The number of nitroso groups, excluding NO2 is 1. The van der Waals surface area contributed by atoms with Gasteiger partial charge in [0.15, 0.2) is 29.1 Å². The number of aromatic nitrogens is 16. The molecule has 4 aliphatic heterocycles. The largest absolute Gasteiger partial charge is 0.381 e. The number of primary amides is 1. The molecule has 2 unspecified atom stereocenters. The maximum absolute atomic E-state index is 12.1. The minimum Gasteiger partial charge on any atom is -0.381 e. The molecule has 3 fully saturated rings. The van der Waals surface area contributed by atoms with Crippen LogP contribution in [0.25, 0.3) is 34.7 Å². The Kier molecular flexibility index (Phi) is 45.1. The van der Waals surface area contributed by atoms with Crippen LogP contribution in [0.4, 0.5) is 39.7 Å². The predicted molar refractivity (Wildman–Crippen MR) is 515 cm³/mol. The smallest absolute Gasteiger partial charge is 0.337 e. The molecular weight excluding hydrogens is 1950 g/mol. The van der Waals surface area contributed by atoms with E-state index in [4.69, 9.17) is 22.1 Å². The first-order valence-corrected chi connectivity index (χ1v) is 51.7. The molecule has 38 nitrogen and oxygen atoms in total. The molecule has 0 aromatic carbocycles. The predicted octanol–water partition coefficient (Wildman–Crippen LogP) is 14.6. The molecule has 3 saturated carbocycles. The number of urea groups is 1. The number of azide groups is 1. The summed E-state index contributed by atoms with van der Waals surface area (Å²) in [5, 5.41) is 14.2. The Morgan fingerprint density at radius 1 is 0.577 bits per heavy atom. The van der Waals surface area contributed by atoms with Gasteiger partial charge in [0.25, 0.3) is 0 Å². The Labute approximate surface area is 782 Å². The number of nitrogens with zero attached hydrogens (tertiary/aromatic N) is 25. The van der Waals surface area contributed by atoms with Crippen LogP contribution in [0.3, 0.4) is 0 Å². The Morgan fingerprint density at radius 2 is 1.04 bits per heavy atom. The summed E-state index contributed by atoms with van der Waals surface area (Å²) in [6.07, 6.45) is 53.3. The van der Waals surface area contributed by atoms with Crippen molar-refractivity contribution < 1.29 is 43.5 Å². The quantitative estimate of drug-likeness (QED) is 0.00633. The fourth-order valence-electron chi connectivity index (χ4n) is 13.6. The zero-order chi connectivity index (χ0) is 95.4. The first kappa shape index (κ1) is 106. The number of rotatable bonds is 20. The Morgan fingerprint density at radius 3 is 1.53 bits per heavy atom. The molecule has 7 N–H and O–H groups in total. The summed E-state index contributed by atoms with van der Waals surface area (Å²) >= 11 is 3.49. The van der Waals surface area contributed by atoms with Crippen LogP contribution in [0.2, 0.25) is 13.3 Å². The van der Waals surface area contributed by atoms with E-state index in [9.17, 15) is 43.3 Å². The van der Waals surface area contributed by atoms with Gasteiger partial charge in [0.2, 0.25) is 23.6 Å². The number of carbonyl (C=O) groups excluding carboxylic acids is 7. The zero-order valence-electron chi connectivity index (χ0n) is 74.3. The van der Waals surface area contributed by atoms with Crippen LogP contribution in [0, 0.1) is 22.7 Å². The fourth-order valence-corrected chi connectivity index (χ4v) is 28.0. The number of likely N-dealkylation sites (N-methyl/N-ethyl adjacent to an activating group) is 1. The molecule has 12 heterocycles. The number of amides is 6. The van der Waals surface area contributed by atoms with Gasteiger partial charge in [-0.25, -0.2) is 39.7 Å². The van der Waals surface area contributed by atoms with Gasteiger partial charge in [-0.2, -0.15) is 5.01 Å². The average molecular weight is 2060 g/mol. The topological polar surface area (TPSA) is 535 Å². The number of anilines is 6. The summed E-state index contributed by atoms with van der Waals surface area (Å²) in [6, 6.07) is -1.47. The Hall–Kier alpha value is -12.7. The fraction of sp³-hybridized carbons (Fsp3) is 0.393. The van der Waals surface area contributed by atoms with Crippen molar-refractivity contribution >= 4 is 163 Å². The number of allylic oxidation sites excluding steroid dienone is 2. The van der Waals surface area contributed by atoms with Gasteiger partial charge in [0.1, 0.15) is 39.4 Å². The molecule has 8 aromatic rings. The number of ketones is 2. The van der Waals surface area contributed by atoms with E-state index in [1.165, 1.54) is 61.4 Å². The van der Waals surface area contributed by atoms with Gasteiger partial charge in [0.05, 0.1) is 68.3 Å². The normalized spacial score (nSPS) is 18.1. The average Bonchev–Trinajstić information content (AvgIpc) is 1.26. The van der Waals surface area contributed by atoms with Crippen molar-refractivity contribution in [2.24, 2.45) is 33.9 Å². The van der Waals surface area contributed by atoms with E-state index < -0.39 is 36.4 Å². The number of unbranched alkanes of at least 4 members (excludes halogenated alkanes) is 3. The number of Topliss-reactive ketones (excluding diaryl/α,β-unsaturated/α-hetero) is 2. The third kappa shape index (κ3) is 32.8. The number of carboxylic acids is 1. The van der Waals surface area contributed by atoms with Crippen molar-refractivity contribution in [2.75, 3.05) is 66.3 Å². The number of nitrogen functional groups attached to an aromatic ring is 2. The van der Waals surface area contributed by atoms with Crippen molar-refractivity contribution in [3.8, 4) is 0 Å². The zero-order valence-corrected chi connectivity index (χ0v) is 80.9. The molecule has 16 rings (SSSR count). The molecule has 8 aliphatic rings. The molecule has 0 spiro atoms. The van der Waals surface area contributed by atoms with Gasteiger partial charge >= 0.3 is 114 Å². The summed E-state index contributed by atoms with van der Waals surface area (Å²) < 4.78 is 7.84. The molecule has 0 saturated heterocycles. The van der Waals surface area contributed by atoms with E-state index in [2.05, 4.69) is 197 Å². The minimum atomic E-state index is -1.85. The van der Waals surface area contributed by atoms with Crippen molar-refractivity contribution in [3.63, 3.8) is 0 Å². The molecule has 41 heteroatoms. The van der Waals surface area contributed by atoms with E-state index >= 15 is 0 Å². The summed E-state index contributed by atoms with van der Waals surface area (Å²) in [4.78, 5) is 173. The number of hydrogen-bond acceptors (Lipinski definition) is 29. The number of carbonyl (C=O) groups is 8. The van der Waals surface area contributed by atoms with Crippen molar-refractivity contribution in [3.05, 3.63) is 232 Å². The van der Waals surface area contributed by atoms with Gasteiger partial charge in [-0.1, -0.05) is 65.2 Å². The van der Waals surface area contributed by atoms with E-state index in [1.807, 2.05) is 18.2 Å². The summed E-state index contributed by atoms with van der Waals surface area (Å²) in [6.45, 7) is 25.0. The van der Waals surface area contributed by atoms with E-state index in [0.717, 1.165) is 65.1 Å². The number of fused-ring (bicyclic) bond motifs is 11. The summed E-state index contributed by atoms with van der Waals surface area (Å²) in [7, 11) is 8.09. The van der Waals surface area contributed by atoms with Crippen LogP contribution in [-0.4, -0.2) is 201 Å². The standard InChI is InChI=1S/C11H12N2O.C10H10IN3O.C10H10N6O.C10H11N3O.C9H9N3O.C9H8N2O.C6H7N3.C4H4BrN3.C4H6O2.3C4H9.C2H5N3O2.C2H3.Sn/c1-3-5-9(14)8-11-10(4-2)12-6-7-13-11;1-14-9-8(12-2-3-13-9)6-4-5(6)7(11)10(14)15;1-16-9-7(12-2-3-13-9)5-4-6(5)8(10(16)17)14-15-11;1-13-8(14)5-6-4-7(6)9-10(13)12-3-2-11-9;1-12-8(13)4-2-3-7-9(12)11-6-5-10-7;12-7-2-1-3-8-9(6-7)11-5-4-10-8;1-2-5-6(7)9-4-3-8-5;5-3-4(6)8-2-1-7-3;1-2-3-4(5)6;3*1-3-4-2;1-5(4-7)2(3)6;1-2;/h3-4,6-7H,1-2,5,8H2;2-3,5-7H,4H2,1H3;2-3,5-6,8H,4H2,1H3;2-3,6-7H,4-5H2,1H3;2-3,5-6H,4H2,1H3;1,3-5H,2,6H2;2-4H,1H2,(H2,7,9);1-2H,(H2,6,8);2H,1,3H2,(H,5,6);3*1,3-4H2,2H3;1H3,(H2,3,6);1H,2H2;/t;5-,6+,7+;5-,6+,8+;;;;;;;;;;;;/m.01............/s1. The molecular formula is C89H112BrIN28O10Sn. The van der Waals surface area contributed by atoms with Crippen LogP contribution in [0.1, 0.15) is 180 Å². The van der Waals surface area contributed by atoms with Crippen molar-refractivity contribution in [1.29, 1.82) is 0 Å². The van der Waals surface area contributed by atoms with E-state index in [1.54, 1.807) is 175 Å². The summed E-state index contributed by atoms with van der Waals surface area (Å²) in [5.74, 6) is 5.36. The second-order valence-electron chi connectivity index (χ2n) is 30.2. The number of aliphatic carboxylic acids is 1. The van der Waals surface area contributed by atoms with Gasteiger partial charge in [-0.15, -0.1) is 18.1 Å². The van der Waals surface area contributed by atoms with Gasteiger partial charge in [-0.3, -0.25) is 98.0 Å². The van der Waals surface area contributed by atoms with Gasteiger partial charge in [-0.05, 0) is 82.8 Å². The number of alkyl halides is 1. The molecule has 8 aromatic heterocycles. The van der Waals surface area contributed by atoms with Crippen LogP contribution in [0.15, 0.2) is 175 Å². The number of halogens is 2. The van der Waals surface area contributed by atoms with E-state index in [-0.39, 0.29) is 57.4 Å². The van der Waals surface area contributed by atoms with Crippen LogP contribution < -0.4 is 36.8 Å². The maximum atomic E-state index is 12.1. The minimum absolute atomic E-state index is 0.0375. The molecule has 4 aliphatic carbocycles. The van der Waals surface area contributed by atoms with Gasteiger partial charge in [0, 0.05) is 183 Å². The second-order valence-corrected chi connectivity index (χ2v) is 45.5. The third-order valence-electron chi connectivity index (χ3n) is 21.0. The SMILES string of the molecule is C=CCC(=O)Cc1nccnc1C=C.C=CCC(=O)O.C=Cc1nccnc1N.C=[CH][Sn]([CH2]CCC)([CH2]CCC)[CH2]CCC.CN(N=O)C(N)=O.CN1C(=O)CC2CC2c2nccnc21.CN1C(=O)CC=Cc2nccnc21.CN1C(=O)[C@@H](N=[N+]=[N-])[C@H]2C[C@H]2c2nccnc21.CN1C(=O)[C@H](I)[C@H]2C[C@H]2c2nccnc21.Nc1nccnc1Br.O=C1CC=Cc2nccnc2C1. The van der Waals surface area contributed by atoms with Crippen molar-refractivity contribution in [1.82, 2.24) is 84.8 Å². The number of carboxylic acid groups (broad SMARTS) is 1. The maximum Gasteiger partial charge on any atom is 0.337 e. The molecule has 8 atom stereocenters. The van der Waals surface area contributed by atoms with Gasteiger partial charge < -0.3 is 22.3 Å². The first-order chi connectivity index (χ1) is 62.5. The third-order valence-corrected chi connectivity index (χ3v) is 37.1. The monoisotopic (exact) mass is 2060 g/mol. The van der Waals surface area contributed by atoms with Crippen LogP contribution in [-0.2, 0) is 46.4 Å². The molecule has 0 bridgehead atoms. The molecule has 0 radical (unpaired) electrons. The van der Waals surface area contributed by atoms with E-state index in [0.29, 0.717) is 112 Å². The number of nitrogens with two attached hydrogens (primary N) is 3. The molecule has 130 heavy (non-hydrogen) atoms. The summed E-state index contributed by atoms with van der Waals surface area (Å²) in [5.41, 5.74) is 30.9. The van der Waals surface area contributed by atoms with Crippen LogP contribution >= 0.6 is 38.5 Å². The van der Waals surface area contributed by atoms with Crippen LogP contribution in [0.5, 0.6) is 0 Å². The number of hydrogen-bond donors (Lipinski definition) is 4. The molecule has 6 amide bonds. The molecule has 686 valence electrons. The first-order valence-electron chi connectivity index (χ1n) is 41.9. The second kappa shape index (κ2) is 55.2.